The van der Waals surface area contributed by atoms with Crippen molar-refractivity contribution in [3.8, 4) is 0 Å². The molecule has 0 bridgehead atoms. The number of aryl methyl sites for hydroxylation is 1. The normalized spacial score (nSPS) is 11.5. The van der Waals surface area contributed by atoms with Crippen molar-refractivity contribution in [2.45, 2.75) is 11.8 Å². The lowest BCUT2D eigenvalue weighted by molar-refractivity contribution is 0.599. The lowest BCUT2D eigenvalue weighted by Crippen LogP contribution is -2.15. The largest absolute Gasteiger partial charge is 0.398 e. The van der Waals surface area contributed by atoms with Crippen molar-refractivity contribution in [3.63, 3.8) is 0 Å². The van der Waals surface area contributed by atoms with Crippen molar-refractivity contribution in [2.24, 2.45) is 0 Å². The molecule has 10 heteroatoms. The van der Waals surface area contributed by atoms with E-state index in [9.17, 15) is 12.8 Å². The third-order valence-corrected chi connectivity index (χ3v) is 4.94. The molecule has 2 aromatic rings. The number of benzene rings is 1. The van der Waals surface area contributed by atoms with Gasteiger partial charge in [0.1, 0.15) is 16.5 Å². The van der Waals surface area contributed by atoms with Gasteiger partial charge in [-0.15, -0.1) is 0 Å². The Kier molecular flexibility index (Phi) is 3.74. The van der Waals surface area contributed by atoms with Crippen LogP contribution in [0.15, 0.2) is 21.5 Å². The van der Waals surface area contributed by atoms with E-state index in [1.807, 2.05) is 0 Å². The van der Waals surface area contributed by atoms with Crippen molar-refractivity contribution < 1.29 is 12.8 Å². The summed E-state index contributed by atoms with van der Waals surface area (Å²) < 4.78 is 43.5. The average molecular weight is 367 g/mol. The molecule has 1 heterocycles. The molecular formula is C9H8BrFN4O2S2. The third-order valence-electron chi connectivity index (χ3n) is 2.09. The van der Waals surface area contributed by atoms with Crippen LogP contribution in [0.5, 0.6) is 0 Å². The van der Waals surface area contributed by atoms with Crippen molar-refractivity contribution in [3.05, 3.63) is 28.2 Å². The van der Waals surface area contributed by atoms with Crippen molar-refractivity contribution in [1.82, 2.24) is 9.36 Å². The van der Waals surface area contributed by atoms with Gasteiger partial charge in [0.05, 0.1) is 10.2 Å². The topological polar surface area (TPSA) is 98.0 Å². The zero-order valence-electron chi connectivity index (χ0n) is 9.52. The minimum absolute atomic E-state index is 0.00974. The van der Waals surface area contributed by atoms with E-state index >= 15 is 0 Å². The van der Waals surface area contributed by atoms with Crippen LogP contribution in [0.2, 0.25) is 0 Å². The predicted molar refractivity (Wildman–Crippen MR) is 74.0 cm³/mol. The zero-order valence-corrected chi connectivity index (χ0v) is 12.7. The number of aromatic nitrogens is 2. The molecule has 0 unspecified atom stereocenters. The van der Waals surface area contributed by atoms with Crippen LogP contribution in [0, 0.1) is 12.7 Å². The van der Waals surface area contributed by atoms with Crippen LogP contribution in [-0.4, -0.2) is 17.8 Å². The maximum Gasteiger partial charge on any atom is 0.265 e. The maximum absolute atomic E-state index is 13.2. The Bertz CT molecular complexity index is 732. The second-order valence-electron chi connectivity index (χ2n) is 3.56. The standard InChI is InChI=1S/C9H8BrFN4O2S2/c1-4-13-9(18-14-4)15-19(16,17)8-2-5(10)6(11)3-7(8)12/h2-3H,12H2,1H3,(H,13,14,15). The summed E-state index contributed by atoms with van der Waals surface area (Å²) in [6.45, 7) is 1.64. The van der Waals surface area contributed by atoms with Gasteiger partial charge in [0.15, 0.2) is 0 Å². The van der Waals surface area contributed by atoms with E-state index < -0.39 is 15.8 Å². The highest BCUT2D eigenvalue weighted by atomic mass is 79.9. The van der Waals surface area contributed by atoms with Gasteiger partial charge >= 0.3 is 0 Å². The number of sulfonamides is 1. The first-order valence-electron chi connectivity index (χ1n) is 4.87. The molecule has 0 radical (unpaired) electrons. The number of nitrogens with zero attached hydrogens (tertiary/aromatic N) is 2. The Hall–Kier alpha value is -1.26. The number of hydrogen-bond donors (Lipinski definition) is 2. The molecule has 1 aromatic carbocycles. The highest BCUT2D eigenvalue weighted by molar-refractivity contribution is 9.10. The fourth-order valence-electron chi connectivity index (χ4n) is 1.29. The molecule has 0 fully saturated rings. The first-order valence-corrected chi connectivity index (χ1v) is 7.92. The molecule has 0 saturated carbocycles. The van der Waals surface area contributed by atoms with E-state index in [0.717, 1.165) is 23.7 Å². The molecule has 0 aliphatic rings. The van der Waals surface area contributed by atoms with Gasteiger partial charge in [0, 0.05) is 11.5 Å². The molecule has 0 aliphatic carbocycles. The molecular weight excluding hydrogens is 359 g/mol. The smallest absolute Gasteiger partial charge is 0.265 e. The average Bonchev–Trinajstić information content (AvgIpc) is 2.68. The Morgan fingerprint density at radius 1 is 1.47 bits per heavy atom. The first-order chi connectivity index (χ1) is 8.79. The van der Waals surface area contributed by atoms with E-state index in [4.69, 9.17) is 5.73 Å². The zero-order chi connectivity index (χ0) is 14.2. The van der Waals surface area contributed by atoms with Gasteiger partial charge in [-0.3, -0.25) is 4.72 Å². The SMILES string of the molecule is Cc1nsc(NS(=O)(=O)c2cc(Br)c(F)cc2N)n1. The molecule has 2 rings (SSSR count). The van der Waals surface area contributed by atoms with E-state index in [0.29, 0.717) is 5.82 Å². The monoisotopic (exact) mass is 366 g/mol. The van der Waals surface area contributed by atoms with Gasteiger partial charge in [-0.25, -0.2) is 17.8 Å². The Morgan fingerprint density at radius 3 is 2.74 bits per heavy atom. The number of hydrogen-bond acceptors (Lipinski definition) is 6. The van der Waals surface area contributed by atoms with E-state index in [1.54, 1.807) is 6.92 Å². The Balaban J connectivity index is 2.42. The molecule has 6 nitrogen and oxygen atoms in total. The summed E-state index contributed by atoms with van der Waals surface area (Å²) in [5.41, 5.74) is 5.34. The van der Waals surface area contributed by atoms with E-state index in [-0.39, 0.29) is 20.2 Å². The van der Waals surface area contributed by atoms with E-state index in [1.165, 1.54) is 0 Å². The molecule has 0 saturated heterocycles. The second-order valence-corrected chi connectivity index (χ2v) is 6.81. The van der Waals surface area contributed by atoms with Gasteiger partial charge in [-0.1, -0.05) is 0 Å². The Morgan fingerprint density at radius 2 is 2.16 bits per heavy atom. The van der Waals surface area contributed by atoms with Crippen LogP contribution >= 0.6 is 27.5 Å². The summed E-state index contributed by atoms with van der Waals surface area (Å²) in [5.74, 6) is -0.181. The predicted octanol–water partition coefficient (Wildman–Crippen LogP) is 2.13. The van der Waals surface area contributed by atoms with Gasteiger partial charge < -0.3 is 5.73 Å². The van der Waals surface area contributed by atoms with Crippen LogP contribution in [0.3, 0.4) is 0 Å². The van der Waals surface area contributed by atoms with Crippen molar-refractivity contribution >= 4 is 48.3 Å². The lowest BCUT2D eigenvalue weighted by atomic mass is 10.3. The summed E-state index contributed by atoms with van der Waals surface area (Å²) >= 11 is 3.82. The summed E-state index contributed by atoms with van der Waals surface area (Å²) in [6, 6.07) is 2.03. The summed E-state index contributed by atoms with van der Waals surface area (Å²) in [4.78, 5) is 3.65. The quantitative estimate of drug-likeness (QED) is 0.810. The summed E-state index contributed by atoms with van der Waals surface area (Å²) in [5, 5.41) is 0.123. The van der Waals surface area contributed by atoms with Gasteiger partial charge in [0.2, 0.25) is 5.13 Å². The molecule has 102 valence electrons. The maximum atomic E-state index is 13.2. The number of nitrogen functional groups attached to an aromatic ring is 1. The molecule has 3 N–H and O–H groups in total. The highest BCUT2D eigenvalue weighted by Gasteiger charge is 2.21. The number of nitrogens with two attached hydrogens (primary N) is 1. The fraction of sp³-hybridized carbons (Fsp3) is 0.111. The van der Waals surface area contributed by atoms with Crippen LogP contribution < -0.4 is 10.5 Å². The molecule has 0 amide bonds. The molecule has 1 aromatic heterocycles. The van der Waals surface area contributed by atoms with Gasteiger partial charge in [-0.2, -0.15) is 4.37 Å². The molecule has 0 aliphatic heterocycles. The lowest BCUT2D eigenvalue weighted by Gasteiger charge is -2.08. The number of rotatable bonds is 3. The van der Waals surface area contributed by atoms with Crippen LogP contribution in [-0.2, 0) is 10.0 Å². The minimum atomic E-state index is -3.93. The van der Waals surface area contributed by atoms with Crippen LogP contribution in [0.4, 0.5) is 15.2 Å². The molecule has 0 atom stereocenters. The van der Waals surface area contributed by atoms with E-state index in [2.05, 4.69) is 30.0 Å². The highest BCUT2D eigenvalue weighted by Crippen LogP contribution is 2.27. The van der Waals surface area contributed by atoms with Gasteiger partial charge in [-0.05, 0) is 35.0 Å². The fourth-order valence-corrected chi connectivity index (χ4v) is 3.72. The van der Waals surface area contributed by atoms with Crippen molar-refractivity contribution in [1.29, 1.82) is 0 Å². The van der Waals surface area contributed by atoms with Crippen molar-refractivity contribution in [2.75, 3.05) is 10.5 Å². The minimum Gasteiger partial charge on any atom is -0.398 e. The molecule has 0 spiro atoms. The van der Waals surface area contributed by atoms with Crippen LogP contribution in [0.25, 0.3) is 0 Å². The third kappa shape index (κ3) is 3.01. The summed E-state index contributed by atoms with van der Waals surface area (Å²) in [6.07, 6.45) is 0. The first kappa shape index (κ1) is 14.2. The summed E-state index contributed by atoms with van der Waals surface area (Å²) in [7, 11) is -3.93. The van der Waals surface area contributed by atoms with Gasteiger partial charge in [0.25, 0.3) is 10.0 Å². The number of anilines is 2. The Labute approximate surface area is 121 Å². The second kappa shape index (κ2) is 5.02. The number of nitrogens with one attached hydrogen (secondary N) is 1. The van der Waals surface area contributed by atoms with Crippen LogP contribution in [0.1, 0.15) is 5.82 Å². The molecule has 19 heavy (non-hydrogen) atoms. The number of halogens is 2.